The molecule has 4 aromatic rings. The Kier molecular flexibility index (Phi) is 12.6. The van der Waals surface area contributed by atoms with Crippen LogP contribution in [-0.2, 0) is 20.3 Å². The van der Waals surface area contributed by atoms with Crippen LogP contribution in [0.25, 0.3) is 21.5 Å². The van der Waals surface area contributed by atoms with Gasteiger partial charge in [0.25, 0.3) is 0 Å². The molecule has 0 N–H and O–H groups in total. The zero-order valence-corrected chi connectivity index (χ0v) is 34.1. The average molecular weight is 770 g/mol. The number of allylic oxidation sites excluding steroid dienone is 8. The molecule has 4 nitrogen and oxygen atoms in total. The summed E-state index contributed by atoms with van der Waals surface area (Å²) in [6, 6.07) is 23.2. The maximum absolute atomic E-state index is 7.30. The van der Waals surface area contributed by atoms with Crippen LogP contribution in [0.15, 0.2) is 118 Å². The number of aliphatic imine (C=N–C) groups is 1. The first-order valence-electron chi connectivity index (χ1n) is 18.7. The van der Waals surface area contributed by atoms with Crippen molar-refractivity contribution >= 4 is 67.7 Å². The molecule has 0 spiro atoms. The fraction of sp³-hybridized carbons (Fsp3) is 0.370. The predicted octanol–water partition coefficient (Wildman–Crippen LogP) is 12.9. The zero-order chi connectivity index (χ0) is 37.8. The maximum Gasteiger partial charge on any atom is 0.0479 e. The summed E-state index contributed by atoms with van der Waals surface area (Å²) in [4.78, 5) is 7.63. The lowest BCUT2D eigenvalue weighted by Crippen LogP contribution is -2.28. The second-order valence-corrected chi connectivity index (χ2v) is 16.4. The van der Waals surface area contributed by atoms with Gasteiger partial charge in [0.2, 0.25) is 0 Å². The van der Waals surface area contributed by atoms with Gasteiger partial charge in [-0.25, -0.2) is 0 Å². The fourth-order valence-electron chi connectivity index (χ4n) is 8.04. The second-order valence-electron chi connectivity index (χ2n) is 15.1. The summed E-state index contributed by atoms with van der Waals surface area (Å²) in [5.74, 6) is 0. The van der Waals surface area contributed by atoms with Crippen molar-refractivity contribution in [2.45, 2.75) is 70.6 Å². The van der Waals surface area contributed by atoms with Gasteiger partial charge in [-0.3, -0.25) is 4.99 Å². The van der Waals surface area contributed by atoms with Gasteiger partial charge in [0.15, 0.2) is 0 Å². The Morgan fingerprint density at radius 1 is 0.849 bits per heavy atom. The van der Waals surface area contributed by atoms with Crippen LogP contribution in [0.3, 0.4) is 0 Å². The van der Waals surface area contributed by atoms with Crippen molar-refractivity contribution in [2.24, 2.45) is 4.99 Å². The van der Waals surface area contributed by atoms with E-state index in [2.05, 4.69) is 105 Å². The first-order chi connectivity index (χ1) is 25.5. The Morgan fingerprint density at radius 2 is 1.55 bits per heavy atom. The Hall–Kier alpha value is -3.38. The number of anilines is 1. The summed E-state index contributed by atoms with van der Waals surface area (Å²) in [7, 11) is 3.50. The second kappa shape index (κ2) is 17.0. The SMILES string of the molecule is COCCC/N=C(\C=C\C1=C(Cl)C(=C/C=C2/N(CCCOC)c3ccc4cc(Cl)ccc4c3C2(C)C)/CCC1)C(C)(C)c1cccc2cc(Cl)ccc12. The van der Waals surface area contributed by atoms with Crippen molar-refractivity contribution in [3.63, 3.8) is 0 Å². The molecule has 0 saturated carbocycles. The van der Waals surface area contributed by atoms with Crippen LogP contribution in [0.1, 0.15) is 70.9 Å². The van der Waals surface area contributed by atoms with E-state index < -0.39 is 0 Å². The van der Waals surface area contributed by atoms with Gasteiger partial charge >= 0.3 is 0 Å². The third-order valence-corrected chi connectivity index (χ3v) is 11.8. The summed E-state index contributed by atoms with van der Waals surface area (Å²) in [5, 5.41) is 7.01. The Labute approximate surface area is 330 Å². The molecule has 278 valence electrons. The molecule has 1 aliphatic carbocycles. The van der Waals surface area contributed by atoms with Gasteiger partial charge in [0, 0.05) is 83.5 Å². The first-order valence-corrected chi connectivity index (χ1v) is 19.8. The highest BCUT2D eigenvalue weighted by Gasteiger charge is 2.41. The van der Waals surface area contributed by atoms with Gasteiger partial charge in [-0.15, -0.1) is 0 Å². The summed E-state index contributed by atoms with van der Waals surface area (Å²) < 4.78 is 10.8. The molecular formula is C46H51Cl3N2O2. The fourth-order valence-corrected chi connectivity index (χ4v) is 8.72. The van der Waals surface area contributed by atoms with Crippen LogP contribution in [-0.4, -0.2) is 46.2 Å². The minimum atomic E-state index is -0.369. The molecule has 6 rings (SSSR count). The lowest BCUT2D eigenvalue weighted by Gasteiger charge is -2.28. The van der Waals surface area contributed by atoms with Crippen molar-refractivity contribution in [3.8, 4) is 0 Å². The van der Waals surface area contributed by atoms with Crippen LogP contribution in [0, 0.1) is 0 Å². The molecule has 1 aliphatic heterocycles. The zero-order valence-electron chi connectivity index (χ0n) is 31.9. The molecule has 53 heavy (non-hydrogen) atoms. The number of fused-ring (bicyclic) bond motifs is 4. The Bertz CT molecular complexity index is 2140. The molecule has 0 fully saturated rings. The van der Waals surface area contributed by atoms with Crippen molar-refractivity contribution in [1.82, 2.24) is 0 Å². The van der Waals surface area contributed by atoms with E-state index in [-0.39, 0.29) is 10.8 Å². The number of nitrogens with zero attached hydrogens (tertiary/aromatic N) is 2. The van der Waals surface area contributed by atoms with E-state index in [9.17, 15) is 0 Å². The van der Waals surface area contributed by atoms with E-state index in [1.165, 1.54) is 33.3 Å². The first kappa shape index (κ1) is 39.3. The van der Waals surface area contributed by atoms with Crippen LogP contribution in [0.5, 0.6) is 0 Å². The summed E-state index contributed by atoms with van der Waals surface area (Å²) >= 11 is 20.1. The number of hydrogen-bond acceptors (Lipinski definition) is 4. The standard InChI is InChI=1S/C46H51Cl3N2O2/c1-45(2,39-14-8-13-33-29-35(47)18-20-37(33)39)41(50-25-9-27-52-5)23-16-31-11-7-12-32(44(31)49)17-24-42-46(3,4)43-38-21-19-36(48)30-34(38)15-22-40(43)51(42)26-10-28-53-6/h8,13-24,29-30H,7,9-12,25-28H2,1-6H3/b23-16+,32-17+,42-24+,50-41+. The lowest BCUT2D eigenvalue weighted by molar-refractivity contribution is 0.196. The predicted molar refractivity (Wildman–Crippen MR) is 229 cm³/mol. The number of halogens is 3. The molecule has 0 amide bonds. The van der Waals surface area contributed by atoms with Crippen LogP contribution < -0.4 is 4.90 Å². The third kappa shape index (κ3) is 8.33. The molecule has 0 bridgehead atoms. The highest BCUT2D eigenvalue weighted by Crippen LogP contribution is 2.51. The van der Waals surface area contributed by atoms with E-state index in [1.54, 1.807) is 14.2 Å². The quantitative estimate of drug-likeness (QED) is 0.100. The van der Waals surface area contributed by atoms with Crippen LogP contribution >= 0.6 is 34.8 Å². The molecule has 0 unspecified atom stereocenters. The van der Waals surface area contributed by atoms with Gasteiger partial charge in [-0.05, 0) is 118 Å². The van der Waals surface area contributed by atoms with Gasteiger partial charge in [-0.2, -0.15) is 0 Å². The van der Waals surface area contributed by atoms with E-state index in [4.69, 9.17) is 49.3 Å². The summed E-state index contributed by atoms with van der Waals surface area (Å²) in [6.45, 7) is 12.1. The largest absolute Gasteiger partial charge is 0.385 e. The smallest absolute Gasteiger partial charge is 0.0479 e. The van der Waals surface area contributed by atoms with Crippen molar-refractivity contribution in [3.05, 3.63) is 134 Å². The van der Waals surface area contributed by atoms with Crippen LogP contribution in [0.2, 0.25) is 10.0 Å². The molecule has 0 radical (unpaired) electrons. The molecule has 4 aromatic carbocycles. The van der Waals surface area contributed by atoms with E-state index in [1.807, 2.05) is 18.2 Å². The van der Waals surface area contributed by atoms with Gasteiger partial charge in [0.05, 0.1) is 0 Å². The highest BCUT2D eigenvalue weighted by atomic mass is 35.5. The molecule has 2 aliphatic rings. The van der Waals surface area contributed by atoms with Gasteiger partial charge < -0.3 is 14.4 Å². The average Bonchev–Trinajstić information content (AvgIpc) is 3.35. The monoisotopic (exact) mass is 768 g/mol. The number of methoxy groups -OCH3 is 2. The number of ether oxygens (including phenoxy) is 2. The Balaban J connectivity index is 1.36. The number of rotatable bonds is 13. The molecule has 1 heterocycles. The molecular weight excluding hydrogens is 719 g/mol. The minimum absolute atomic E-state index is 0.229. The lowest BCUT2D eigenvalue weighted by atomic mass is 9.77. The van der Waals surface area contributed by atoms with E-state index >= 15 is 0 Å². The Morgan fingerprint density at radius 3 is 2.28 bits per heavy atom. The topological polar surface area (TPSA) is 34.1 Å². The van der Waals surface area contributed by atoms with Gasteiger partial charge in [0.1, 0.15) is 0 Å². The molecule has 0 atom stereocenters. The van der Waals surface area contributed by atoms with Crippen molar-refractivity contribution < 1.29 is 9.47 Å². The highest BCUT2D eigenvalue weighted by molar-refractivity contribution is 6.33. The molecule has 7 heteroatoms. The summed E-state index contributed by atoms with van der Waals surface area (Å²) in [5.41, 5.74) is 7.76. The van der Waals surface area contributed by atoms with E-state index in [0.717, 1.165) is 81.4 Å². The van der Waals surface area contributed by atoms with Crippen LogP contribution in [0.4, 0.5) is 5.69 Å². The third-order valence-electron chi connectivity index (χ3n) is 10.8. The number of benzene rings is 4. The minimum Gasteiger partial charge on any atom is -0.385 e. The van der Waals surface area contributed by atoms with Crippen molar-refractivity contribution in [1.29, 1.82) is 0 Å². The maximum atomic E-state index is 7.30. The summed E-state index contributed by atoms with van der Waals surface area (Å²) in [6.07, 6.45) is 13.6. The van der Waals surface area contributed by atoms with Crippen molar-refractivity contribution in [2.75, 3.05) is 45.4 Å². The van der Waals surface area contributed by atoms with Gasteiger partial charge in [-0.1, -0.05) is 111 Å². The number of hydrogen-bond donors (Lipinski definition) is 0. The molecule has 0 saturated heterocycles. The molecule has 0 aromatic heterocycles. The van der Waals surface area contributed by atoms with E-state index in [0.29, 0.717) is 19.8 Å². The normalized spacial score (nSPS) is 18.1.